The summed E-state index contributed by atoms with van der Waals surface area (Å²) in [4.78, 5) is 21.3. The first-order valence-electron chi connectivity index (χ1n) is 7.10. The number of rotatable bonds is 5. The fraction of sp³-hybridized carbons (Fsp3) is 0.188. The topological polar surface area (TPSA) is 65.2 Å². The second kappa shape index (κ2) is 7.34. The zero-order valence-corrected chi connectivity index (χ0v) is 14.9. The summed E-state index contributed by atoms with van der Waals surface area (Å²) in [5.74, 6) is -0.395. The van der Waals surface area contributed by atoms with Crippen LogP contribution in [0.15, 0.2) is 41.3 Å². The highest BCUT2D eigenvalue weighted by Crippen LogP contribution is 2.36. The third-order valence-electron chi connectivity index (χ3n) is 3.37. The number of halogens is 2. The number of hydrogen-bond donors (Lipinski definition) is 0. The average molecular weight is 383 g/mol. The Morgan fingerprint density at radius 1 is 1.29 bits per heavy atom. The molecule has 0 saturated carbocycles. The first kappa shape index (κ1) is 17.0. The molecule has 5 nitrogen and oxygen atoms in total. The number of esters is 1. The Bertz CT molecular complexity index is 845. The van der Waals surface area contributed by atoms with Gasteiger partial charge in [0.25, 0.3) is 5.88 Å². The zero-order chi connectivity index (χ0) is 17.1. The van der Waals surface area contributed by atoms with Gasteiger partial charge in [-0.1, -0.05) is 36.2 Å². The zero-order valence-electron chi connectivity index (χ0n) is 12.5. The number of nitrogens with zero attached hydrogens (tertiary/aromatic N) is 2. The van der Waals surface area contributed by atoms with Gasteiger partial charge >= 0.3 is 5.97 Å². The van der Waals surface area contributed by atoms with Crippen molar-refractivity contribution in [2.24, 2.45) is 0 Å². The number of oxazole rings is 1. The van der Waals surface area contributed by atoms with Crippen LogP contribution < -0.4 is 4.74 Å². The maximum Gasteiger partial charge on any atom is 0.320 e. The van der Waals surface area contributed by atoms with Crippen molar-refractivity contribution in [3.63, 3.8) is 0 Å². The molecule has 0 radical (unpaired) electrons. The molecule has 0 aromatic carbocycles. The lowest BCUT2D eigenvalue weighted by atomic mass is 9.98. The molecule has 124 valence electrons. The Hall–Kier alpha value is -1.89. The van der Waals surface area contributed by atoms with Crippen LogP contribution in [0.25, 0.3) is 10.6 Å². The van der Waals surface area contributed by atoms with Gasteiger partial charge in [0, 0.05) is 6.20 Å². The minimum Gasteiger partial charge on any atom is -0.438 e. The largest absolute Gasteiger partial charge is 0.438 e. The molecule has 0 aliphatic carbocycles. The smallest absolute Gasteiger partial charge is 0.320 e. The molecule has 8 heteroatoms. The van der Waals surface area contributed by atoms with E-state index in [-0.39, 0.29) is 5.88 Å². The van der Waals surface area contributed by atoms with E-state index in [2.05, 4.69) is 9.97 Å². The second-order valence-electron chi connectivity index (χ2n) is 4.89. The normalized spacial score (nSPS) is 12.1. The van der Waals surface area contributed by atoms with Crippen LogP contribution in [0.3, 0.4) is 0 Å². The minimum atomic E-state index is -0.466. The average Bonchev–Trinajstić information content (AvgIpc) is 3.18. The summed E-state index contributed by atoms with van der Waals surface area (Å²) in [6.45, 7) is 1.89. The molecule has 0 aliphatic rings. The first-order chi connectivity index (χ1) is 11.6. The predicted molar refractivity (Wildman–Crippen MR) is 92.7 cm³/mol. The lowest BCUT2D eigenvalue weighted by Gasteiger charge is -2.13. The molecule has 0 N–H and O–H groups in total. The van der Waals surface area contributed by atoms with E-state index < -0.39 is 11.9 Å². The number of hydrogen-bond acceptors (Lipinski definition) is 6. The summed E-state index contributed by atoms with van der Waals surface area (Å²) in [5, 5.41) is 0.371. The number of aromatic nitrogens is 2. The van der Waals surface area contributed by atoms with Crippen molar-refractivity contribution in [1.82, 2.24) is 9.97 Å². The van der Waals surface area contributed by atoms with E-state index >= 15 is 0 Å². The van der Waals surface area contributed by atoms with Crippen molar-refractivity contribution < 1.29 is 13.9 Å². The van der Waals surface area contributed by atoms with Crippen LogP contribution in [0.5, 0.6) is 5.88 Å². The molecule has 3 aromatic heterocycles. The van der Waals surface area contributed by atoms with E-state index in [0.717, 1.165) is 10.4 Å². The lowest BCUT2D eigenvalue weighted by molar-refractivity contribution is -0.136. The van der Waals surface area contributed by atoms with Crippen molar-refractivity contribution in [2.75, 3.05) is 0 Å². The first-order valence-corrected chi connectivity index (χ1v) is 8.68. The number of pyridine rings is 1. The summed E-state index contributed by atoms with van der Waals surface area (Å²) >= 11 is 13.0. The van der Waals surface area contributed by atoms with Gasteiger partial charge in [-0.05, 0) is 30.2 Å². The predicted octanol–water partition coefficient (Wildman–Crippen LogP) is 5.20. The van der Waals surface area contributed by atoms with E-state index in [4.69, 9.17) is 32.4 Å². The summed E-state index contributed by atoms with van der Waals surface area (Å²) < 4.78 is 11.4. The van der Waals surface area contributed by atoms with Crippen molar-refractivity contribution in [3.05, 3.63) is 51.9 Å². The van der Waals surface area contributed by atoms with Crippen LogP contribution in [-0.4, -0.2) is 15.9 Å². The molecular formula is C16H12Cl2N2O3S. The standard InChI is InChI=1S/C16H12Cl2N2O3S/c1-2-10(9-3-5-12(17)19-7-9)16(21)23-15-14(22-8-20-15)11-4-6-13(18)24-11/h3-8,10H,2H2,1H3. The van der Waals surface area contributed by atoms with Gasteiger partial charge in [0.1, 0.15) is 5.15 Å². The molecule has 24 heavy (non-hydrogen) atoms. The molecule has 3 rings (SSSR count). The SMILES string of the molecule is CCC(C(=O)Oc1ncoc1-c1ccc(Cl)s1)c1ccc(Cl)nc1. The number of thiophene rings is 1. The fourth-order valence-electron chi connectivity index (χ4n) is 2.21. The molecule has 0 bridgehead atoms. The maximum atomic E-state index is 12.5. The Morgan fingerprint density at radius 2 is 2.12 bits per heavy atom. The van der Waals surface area contributed by atoms with Crippen LogP contribution in [0.2, 0.25) is 9.49 Å². The third kappa shape index (κ3) is 3.61. The maximum absolute atomic E-state index is 12.5. The number of carbonyl (C=O) groups excluding carboxylic acids is 1. The van der Waals surface area contributed by atoms with E-state index in [1.807, 2.05) is 6.92 Å². The van der Waals surface area contributed by atoms with Crippen molar-refractivity contribution >= 4 is 40.5 Å². The van der Waals surface area contributed by atoms with E-state index in [9.17, 15) is 4.79 Å². The Balaban J connectivity index is 1.81. The van der Waals surface area contributed by atoms with Gasteiger partial charge < -0.3 is 9.15 Å². The highest BCUT2D eigenvalue weighted by molar-refractivity contribution is 7.19. The Morgan fingerprint density at radius 3 is 2.75 bits per heavy atom. The molecule has 1 unspecified atom stereocenters. The van der Waals surface area contributed by atoms with Gasteiger partial charge in [0.05, 0.1) is 15.1 Å². The second-order valence-corrected chi connectivity index (χ2v) is 6.99. The van der Waals surface area contributed by atoms with Gasteiger partial charge in [-0.2, -0.15) is 4.98 Å². The Kier molecular flexibility index (Phi) is 5.18. The highest BCUT2D eigenvalue weighted by Gasteiger charge is 2.25. The Labute approximate surface area is 152 Å². The van der Waals surface area contributed by atoms with Crippen LogP contribution in [0.1, 0.15) is 24.8 Å². The van der Waals surface area contributed by atoms with Gasteiger partial charge in [0.2, 0.25) is 5.76 Å². The summed E-state index contributed by atoms with van der Waals surface area (Å²) in [5.41, 5.74) is 0.733. The van der Waals surface area contributed by atoms with Gasteiger partial charge in [-0.25, -0.2) is 4.98 Å². The molecule has 0 amide bonds. The molecule has 0 fully saturated rings. The summed E-state index contributed by atoms with van der Waals surface area (Å²) in [6.07, 6.45) is 3.36. The van der Waals surface area contributed by atoms with Crippen molar-refractivity contribution in [2.45, 2.75) is 19.3 Å². The van der Waals surface area contributed by atoms with E-state index in [0.29, 0.717) is 21.7 Å². The summed E-state index contributed by atoms with van der Waals surface area (Å²) in [7, 11) is 0. The van der Waals surface area contributed by atoms with Gasteiger partial charge in [0.15, 0.2) is 6.39 Å². The number of carbonyl (C=O) groups is 1. The van der Waals surface area contributed by atoms with E-state index in [1.165, 1.54) is 17.7 Å². The van der Waals surface area contributed by atoms with Gasteiger partial charge in [-0.15, -0.1) is 11.3 Å². The fourth-order valence-corrected chi connectivity index (χ4v) is 3.34. The van der Waals surface area contributed by atoms with Crippen LogP contribution >= 0.6 is 34.5 Å². The molecule has 3 heterocycles. The number of ether oxygens (including phenoxy) is 1. The molecule has 0 spiro atoms. The molecule has 1 atom stereocenters. The quantitative estimate of drug-likeness (QED) is 0.447. The minimum absolute atomic E-state index is 0.124. The molecular weight excluding hydrogens is 371 g/mol. The third-order valence-corrected chi connectivity index (χ3v) is 4.83. The van der Waals surface area contributed by atoms with Crippen molar-refractivity contribution in [1.29, 1.82) is 0 Å². The van der Waals surface area contributed by atoms with E-state index in [1.54, 1.807) is 30.5 Å². The highest BCUT2D eigenvalue weighted by atomic mass is 35.5. The van der Waals surface area contributed by atoms with Crippen LogP contribution in [0.4, 0.5) is 0 Å². The van der Waals surface area contributed by atoms with Gasteiger partial charge in [-0.3, -0.25) is 4.79 Å². The van der Waals surface area contributed by atoms with Crippen molar-refractivity contribution in [3.8, 4) is 16.5 Å². The van der Waals surface area contributed by atoms with Crippen LogP contribution in [0, 0.1) is 0 Å². The molecule has 0 saturated heterocycles. The van der Waals surface area contributed by atoms with Crippen LogP contribution in [-0.2, 0) is 4.79 Å². The summed E-state index contributed by atoms with van der Waals surface area (Å²) in [6, 6.07) is 6.92. The monoisotopic (exact) mass is 382 g/mol. The molecule has 3 aromatic rings. The molecule has 0 aliphatic heterocycles. The lowest BCUT2D eigenvalue weighted by Crippen LogP contribution is -2.18.